The lowest BCUT2D eigenvalue weighted by molar-refractivity contribution is 0.364. The van der Waals surface area contributed by atoms with Gasteiger partial charge in [0, 0.05) is 0 Å². The Labute approximate surface area is 80.9 Å². The predicted molar refractivity (Wildman–Crippen MR) is 53.4 cm³/mol. The Morgan fingerprint density at radius 3 is 2.31 bits per heavy atom. The van der Waals surface area contributed by atoms with Crippen LogP contribution in [0.1, 0.15) is 51.4 Å². The predicted octanol–water partition coefficient (Wildman–Crippen LogP) is 3.95. The molecule has 2 saturated carbocycles. The highest BCUT2D eigenvalue weighted by molar-refractivity contribution is 4.91. The molecule has 0 radical (unpaired) electrons. The molecule has 0 spiro atoms. The summed E-state index contributed by atoms with van der Waals surface area (Å²) in [6.07, 6.45) is 10.8. The van der Waals surface area contributed by atoms with Crippen LogP contribution in [0.3, 0.4) is 0 Å². The van der Waals surface area contributed by atoms with Crippen LogP contribution in [0, 0.1) is 17.8 Å². The third kappa shape index (κ3) is 2.45. The molecule has 0 aromatic rings. The number of rotatable bonds is 3. The molecular weight excluding hydrogens is 163 g/mol. The highest BCUT2D eigenvalue weighted by atomic mass is 19.1. The molecule has 0 aromatic heterocycles. The Morgan fingerprint density at radius 2 is 1.69 bits per heavy atom. The highest BCUT2D eigenvalue weighted by Crippen LogP contribution is 2.50. The molecule has 2 aliphatic carbocycles. The fraction of sp³-hybridized carbons (Fsp3) is 1.00. The maximum absolute atomic E-state index is 12.1. The minimum atomic E-state index is -0.0894. The van der Waals surface area contributed by atoms with Crippen molar-refractivity contribution in [1.82, 2.24) is 0 Å². The van der Waals surface area contributed by atoms with Gasteiger partial charge in [-0.1, -0.05) is 38.5 Å². The van der Waals surface area contributed by atoms with E-state index in [1.807, 2.05) is 0 Å². The fourth-order valence-corrected chi connectivity index (χ4v) is 3.06. The Balaban J connectivity index is 1.74. The van der Waals surface area contributed by atoms with Crippen LogP contribution in [0.25, 0.3) is 0 Å². The summed E-state index contributed by atoms with van der Waals surface area (Å²) in [5.74, 6) is 2.67. The Kier molecular flexibility index (Phi) is 3.23. The summed E-state index contributed by atoms with van der Waals surface area (Å²) in [5, 5.41) is 0. The van der Waals surface area contributed by atoms with Gasteiger partial charge in [-0.25, -0.2) is 0 Å². The van der Waals surface area contributed by atoms with E-state index in [1.54, 1.807) is 0 Å². The summed E-state index contributed by atoms with van der Waals surface area (Å²) in [7, 11) is 0. The zero-order valence-electron chi connectivity index (χ0n) is 8.47. The molecule has 13 heavy (non-hydrogen) atoms. The van der Waals surface area contributed by atoms with Crippen molar-refractivity contribution >= 4 is 0 Å². The van der Waals surface area contributed by atoms with Gasteiger partial charge in [0.1, 0.15) is 0 Å². The smallest absolute Gasteiger partial charge is 0.0897 e. The third-order valence-electron chi connectivity index (χ3n) is 3.96. The number of hydrogen-bond donors (Lipinski definition) is 0. The average molecular weight is 184 g/mol. The van der Waals surface area contributed by atoms with E-state index in [-0.39, 0.29) is 6.67 Å². The average Bonchev–Trinajstić information content (AvgIpc) is 2.86. The van der Waals surface area contributed by atoms with Gasteiger partial charge in [0.25, 0.3) is 0 Å². The maximum atomic E-state index is 12.1. The summed E-state index contributed by atoms with van der Waals surface area (Å²) in [6, 6.07) is 0. The van der Waals surface area contributed by atoms with Crippen LogP contribution in [0.2, 0.25) is 0 Å². The largest absolute Gasteiger partial charge is 0.251 e. The minimum absolute atomic E-state index is 0.0894. The highest BCUT2D eigenvalue weighted by Gasteiger charge is 2.41. The van der Waals surface area contributed by atoms with Gasteiger partial charge >= 0.3 is 0 Å². The zero-order valence-corrected chi connectivity index (χ0v) is 8.47. The van der Waals surface area contributed by atoms with Crippen LogP contribution in [0.15, 0.2) is 0 Å². The molecule has 1 heteroatoms. The van der Waals surface area contributed by atoms with E-state index < -0.39 is 0 Å². The first-order valence-electron chi connectivity index (χ1n) is 5.98. The van der Waals surface area contributed by atoms with E-state index in [2.05, 4.69) is 0 Å². The summed E-state index contributed by atoms with van der Waals surface area (Å²) < 4.78 is 12.1. The first-order chi connectivity index (χ1) is 6.42. The van der Waals surface area contributed by atoms with Crippen LogP contribution in [-0.4, -0.2) is 6.67 Å². The van der Waals surface area contributed by atoms with Gasteiger partial charge in [0.2, 0.25) is 0 Å². The third-order valence-corrected chi connectivity index (χ3v) is 3.96. The van der Waals surface area contributed by atoms with Crippen molar-refractivity contribution < 1.29 is 4.39 Å². The van der Waals surface area contributed by atoms with Crippen molar-refractivity contribution in [2.75, 3.05) is 6.67 Å². The summed E-state index contributed by atoms with van der Waals surface area (Å²) in [4.78, 5) is 0. The Morgan fingerprint density at radius 1 is 1.00 bits per heavy atom. The van der Waals surface area contributed by atoms with Gasteiger partial charge in [-0.2, -0.15) is 0 Å². The lowest BCUT2D eigenvalue weighted by Crippen LogP contribution is -2.03. The quantitative estimate of drug-likeness (QED) is 0.582. The van der Waals surface area contributed by atoms with Crippen molar-refractivity contribution in [3.8, 4) is 0 Å². The molecule has 2 fully saturated rings. The van der Waals surface area contributed by atoms with Gasteiger partial charge in [0.05, 0.1) is 6.67 Å². The normalized spacial score (nSPS) is 35.8. The second-order valence-corrected chi connectivity index (χ2v) is 4.89. The number of halogens is 1. The molecule has 2 atom stereocenters. The van der Waals surface area contributed by atoms with Gasteiger partial charge in [-0.15, -0.1) is 0 Å². The Bertz CT molecular complexity index is 147. The molecule has 0 heterocycles. The topological polar surface area (TPSA) is 0 Å². The molecule has 0 amide bonds. The van der Waals surface area contributed by atoms with Crippen LogP contribution in [0.4, 0.5) is 4.39 Å². The van der Waals surface area contributed by atoms with Crippen molar-refractivity contribution in [2.45, 2.75) is 51.4 Å². The van der Waals surface area contributed by atoms with Gasteiger partial charge in [-0.3, -0.25) is 4.39 Å². The SMILES string of the molecule is FCCC1C[C@@H]1C1CCCCCC1. The molecular formula is C12H21F. The number of alkyl halides is 1. The lowest BCUT2D eigenvalue weighted by atomic mass is 9.93. The molecule has 0 nitrogen and oxygen atoms in total. The van der Waals surface area contributed by atoms with Gasteiger partial charge in [0.15, 0.2) is 0 Å². The van der Waals surface area contributed by atoms with Crippen LogP contribution in [-0.2, 0) is 0 Å². The fourth-order valence-electron chi connectivity index (χ4n) is 3.06. The molecule has 0 aromatic carbocycles. The van der Waals surface area contributed by atoms with E-state index in [1.165, 1.54) is 44.9 Å². The summed E-state index contributed by atoms with van der Waals surface area (Å²) >= 11 is 0. The lowest BCUT2D eigenvalue weighted by Gasteiger charge is -2.12. The molecule has 0 N–H and O–H groups in total. The summed E-state index contributed by atoms with van der Waals surface area (Å²) in [6.45, 7) is -0.0894. The van der Waals surface area contributed by atoms with E-state index >= 15 is 0 Å². The van der Waals surface area contributed by atoms with E-state index in [0.717, 1.165) is 24.2 Å². The van der Waals surface area contributed by atoms with E-state index in [4.69, 9.17) is 0 Å². The minimum Gasteiger partial charge on any atom is -0.251 e. The zero-order chi connectivity index (χ0) is 9.10. The molecule has 1 unspecified atom stereocenters. The molecule has 2 aliphatic rings. The van der Waals surface area contributed by atoms with Crippen molar-refractivity contribution in [3.63, 3.8) is 0 Å². The first kappa shape index (κ1) is 9.48. The molecule has 2 rings (SSSR count). The second kappa shape index (κ2) is 4.43. The van der Waals surface area contributed by atoms with Gasteiger partial charge in [-0.05, 0) is 30.6 Å². The van der Waals surface area contributed by atoms with Crippen molar-refractivity contribution in [1.29, 1.82) is 0 Å². The van der Waals surface area contributed by atoms with Crippen LogP contribution in [0.5, 0.6) is 0 Å². The number of hydrogen-bond acceptors (Lipinski definition) is 0. The Hall–Kier alpha value is -0.0700. The molecule has 76 valence electrons. The molecule has 0 aliphatic heterocycles. The van der Waals surface area contributed by atoms with Gasteiger partial charge < -0.3 is 0 Å². The maximum Gasteiger partial charge on any atom is 0.0897 e. The van der Waals surface area contributed by atoms with E-state index in [0.29, 0.717) is 0 Å². The van der Waals surface area contributed by atoms with Crippen molar-refractivity contribution in [2.24, 2.45) is 17.8 Å². The monoisotopic (exact) mass is 184 g/mol. The van der Waals surface area contributed by atoms with Crippen LogP contribution >= 0.6 is 0 Å². The standard InChI is InChI=1S/C12H21F/c13-8-7-11-9-12(11)10-5-3-1-2-4-6-10/h10-12H,1-9H2/t11?,12-/m1/s1. The van der Waals surface area contributed by atoms with E-state index in [9.17, 15) is 4.39 Å². The molecule has 0 saturated heterocycles. The summed E-state index contributed by atoms with van der Waals surface area (Å²) in [5.41, 5.74) is 0. The van der Waals surface area contributed by atoms with Crippen molar-refractivity contribution in [3.05, 3.63) is 0 Å². The second-order valence-electron chi connectivity index (χ2n) is 4.89. The first-order valence-corrected chi connectivity index (χ1v) is 5.98. The molecule has 0 bridgehead atoms. The van der Waals surface area contributed by atoms with Crippen LogP contribution < -0.4 is 0 Å².